The maximum absolute atomic E-state index is 12.1. The van der Waals surface area contributed by atoms with Crippen LogP contribution in [0.2, 0.25) is 0 Å². The van der Waals surface area contributed by atoms with Gasteiger partial charge >= 0.3 is 0 Å². The third-order valence-corrected chi connectivity index (χ3v) is 3.06. The Morgan fingerprint density at radius 3 is 3.05 bits per heavy atom. The van der Waals surface area contributed by atoms with Crippen molar-refractivity contribution in [2.24, 2.45) is 0 Å². The van der Waals surface area contributed by atoms with Gasteiger partial charge in [0.2, 0.25) is 5.95 Å². The summed E-state index contributed by atoms with van der Waals surface area (Å²) in [6.07, 6.45) is 3.95. The van der Waals surface area contributed by atoms with Crippen molar-refractivity contribution >= 4 is 11.9 Å². The van der Waals surface area contributed by atoms with Gasteiger partial charge in [-0.15, -0.1) is 5.10 Å². The topological polar surface area (TPSA) is 79.8 Å². The van der Waals surface area contributed by atoms with Crippen molar-refractivity contribution in [3.63, 3.8) is 0 Å². The van der Waals surface area contributed by atoms with Crippen molar-refractivity contribution in [2.75, 3.05) is 11.9 Å². The molecule has 1 aliphatic rings. The SMILES string of the molecule is O=C(Nc1nccnn1)c1ccc2c(c1)CNCC2. The predicted molar refractivity (Wildman–Crippen MR) is 69.6 cm³/mol. The maximum Gasteiger partial charge on any atom is 0.258 e. The Morgan fingerprint density at radius 1 is 1.26 bits per heavy atom. The molecule has 2 N–H and O–H groups in total. The molecule has 0 saturated carbocycles. The van der Waals surface area contributed by atoms with Crippen molar-refractivity contribution < 1.29 is 4.79 Å². The largest absolute Gasteiger partial charge is 0.312 e. The summed E-state index contributed by atoms with van der Waals surface area (Å²) in [6, 6.07) is 5.75. The Balaban J connectivity index is 1.80. The molecule has 1 amide bonds. The van der Waals surface area contributed by atoms with Gasteiger partial charge in [0, 0.05) is 12.1 Å². The average Bonchev–Trinajstić information content (AvgIpc) is 2.48. The molecule has 6 heteroatoms. The van der Waals surface area contributed by atoms with Crippen LogP contribution >= 0.6 is 0 Å². The van der Waals surface area contributed by atoms with E-state index in [2.05, 4.69) is 25.8 Å². The first-order chi connectivity index (χ1) is 9.33. The lowest BCUT2D eigenvalue weighted by molar-refractivity contribution is 0.102. The number of carbonyl (C=O) groups is 1. The minimum atomic E-state index is -0.221. The van der Waals surface area contributed by atoms with Gasteiger partial charge in [-0.25, -0.2) is 4.98 Å². The van der Waals surface area contributed by atoms with Gasteiger partial charge in [-0.3, -0.25) is 10.1 Å². The van der Waals surface area contributed by atoms with E-state index in [1.807, 2.05) is 18.2 Å². The minimum Gasteiger partial charge on any atom is -0.312 e. The Kier molecular flexibility index (Phi) is 3.16. The highest BCUT2D eigenvalue weighted by Gasteiger charge is 2.13. The highest BCUT2D eigenvalue weighted by Crippen LogP contribution is 2.16. The molecule has 0 atom stereocenters. The number of hydrogen-bond donors (Lipinski definition) is 2. The van der Waals surface area contributed by atoms with Crippen molar-refractivity contribution in [3.8, 4) is 0 Å². The van der Waals surface area contributed by atoms with Crippen LogP contribution in [0.5, 0.6) is 0 Å². The number of rotatable bonds is 2. The number of fused-ring (bicyclic) bond motifs is 1. The lowest BCUT2D eigenvalue weighted by Gasteiger charge is -2.17. The van der Waals surface area contributed by atoms with Crippen molar-refractivity contribution in [1.82, 2.24) is 20.5 Å². The van der Waals surface area contributed by atoms with E-state index < -0.39 is 0 Å². The molecule has 1 aliphatic heterocycles. The zero-order valence-corrected chi connectivity index (χ0v) is 10.3. The maximum atomic E-state index is 12.1. The second kappa shape index (κ2) is 5.11. The predicted octanol–water partition coefficient (Wildman–Crippen LogP) is 0.770. The number of amides is 1. The van der Waals surface area contributed by atoms with Crippen LogP contribution < -0.4 is 10.6 Å². The lowest BCUT2D eigenvalue weighted by atomic mass is 9.98. The number of aromatic nitrogens is 3. The van der Waals surface area contributed by atoms with E-state index in [1.165, 1.54) is 23.5 Å². The van der Waals surface area contributed by atoms with E-state index in [0.29, 0.717) is 5.56 Å². The number of nitrogens with one attached hydrogen (secondary N) is 2. The fourth-order valence-electron chi connectivity index (χ4n) is 2.10. The Bertz CT molecular complexity index is 599. The smallest absolute Gasteiger partial charge is 0.258 e. The molecule has 0 saturated heterocycles. The van der Waals surface area contributed by atoms with Crippen LogP contribution in [0.1, 0.15) is 21.5 Å². The monoisotopic (exact) mass is 255 g/mol. The zero-order valence-electron chi connectivity index (χ0n) is 10.3. The van der Waals surface area contributed by atoms with Crippen LogP contribution in [0, 0.1) is 0 Å². The van der Waals surface area contributed by atoms with Gasteiger partial charge in [-0.2, -0.15) is 5.10 Å². The van der Waals surface area contributed by atoms with Gasteiger partial charge in [-0.05, 0) is 36.2 Å². The number of hydrogen-bond acceptors (Lipinski definition) is 5. The first kappa shape index (κ1) is 11.7. The molecule has 0 aliphatic carbocycles. The first-order valence-corrected chi connectivity index (χ1v) is 6.10. The van der Waals surface area contributed by atoms with Crippen LogP contribution in [-0.2, 0) is 13.0 Å². The summed E-state index contributed by atoms with van der Waals surface area (Å²) in [5.74, 6) is -0.00952. The van der Waals surface area contributed by atoms with E-state index in [0.717, 1.165) is 19.5 Å². The summed E-state index contributed by atoms with van der Waals surface area (Å²) in [5, 5.41) is 13.3. The molecule has 1 aromatic heterocycles. The van der Waals surface area contributed by atoms with Gasteiger partial charge < -0.3 is 5.32 Å². The van der Waals surface area contributed by atoms with E-state index in [4.69, 9.17) is 0 Å². The fraction of sp³-hybridized carbons (Fsp3) is 0.231. The van der Waals surface area contributed by atoms with Gasteiger partial charge in [0.1, 0.15) is 0 Å². The number of nitrogens with zero attached hydrogens (tertiary/aromatic N) is 3. The van der Waals surface area contributed by atoms with Crippen LogP contribution in [0.15, 0.2) is 30.6 Å². The lowest BCUT2D eigenvalue weighted by Crippen LogP contribution is -2.24. The summed E-state index contributed by atoms with van der Waals surface area (Å²) >= 11 is 0. The minimum absolute atomic E-state index is 0.211. The normalized spacial score (nSPS) is 13.7. The van der Waals surface area contributed by atoms with Crippen molar-refractivity contribution in [2.45, 2.75) is 13.0 Å². The summed E-state index contributed by atoms with van der Waals surface area (Å²) in [6.45, 7) is 1.79. The molecule has 0 spiro atoms. The number of anilines is 1. The van der Waals surface area contributed by atoms with E-state index >= 15 is 0 Å². The average molecular weight is 255 g/mol. The molecule has 6 nitrogen and oxygen atoms in total. The fourth-order valence-corrected chi connectivity index (χ4v) is 2.10. The molecule has 1 aromatic carbocycles. The third kappa shape index (κ3) is 2.58. The van der Waals surface area contributed by atoms with E-state index in [9.17, 15) is 4.79 Å². The number of benzene rings is 1. The van der Waals surface area contributed by atoms with E-state index in [1.54, 1.807) is 0 Å². The summed E-state index contributed by atoms with van der Waals surface area (Å²) in [4.78, 5) is 16.0. The van der Waals surface area contributed by atoms with Crippen LogP contribution in [-0.4, -0.2) is 27.6 Å². The summed E-state index contributed by atoms with van der Waals surface area (Å²) in [5.41, 5.74) is 3.08. The standard InChI is InChI=1S/C13H13N5O/c19-12(17-13-15-5-6-16-18-13)10-2-1-9-3-4-14-8-11(9)7-10/h1-2,5-7,14H,3-4,8H2,(H,15,17,18,19). The van der Waals surface area contributed by atoms with Crippen LogP contribution in [0.4, 0.5) is 5.95 Å². The van der Waals surface area contributed by atoms with Gasteiger partial charge in [0.15, 0.2) is 0 Å². The molecule has 3 rings (SSSR count). The second-order valence-corrected chi connectivity index (χ2v) is 4.33. The van der Waals surface area contributed by atoms with Crippen molar-refractivity contribution in [1.29, 1.82) is 0 Å². The van der Waals surface area contributed by atoms with E-state index in [-0.39, 0.29) is 11.9 Å². The van der Waals surface area contributed by atoms with Gasteiger partial charge in [0.25, 0.3) is 5.91 Å². The van der Waals surface area contributed by atoms with Crippen LogP contribution in [0.3, 0.4) is 0 Å². The Labute approximate surface area is 110 Å². The van der Waals surface area contributed by atoms with Gasteiger partial charge in [0.05, 0.1) is 12.4 Å². The third-order valence-electron chi connectivity index (χ3n) is 3.06. The number of carbonyl (C=O) groups excluding carboxylic acids is 1. The second-order valence-electron chi connectivity index (χ2n) is 4.33. The molecular formula is C13H13N5O. The molecule has 2 aromatic rings. The molecule has 0 radical (unpaired) electrons. The Morgan fingerprint density at radius 2 is 2.21 bits per heavy atom. The molecular weight excluding hydrogens is 242 g/mol. The molecule has 2 heterocycles. The highest BCUT2D eigenvalue weighted by molar-refractivity contribution is 6.03. The van der Waals surface area contributed by atoms with Gasteiger partial charge in [-0.1, -0.05) is 6.07 Å². The van der Waals surface area contributed by atoms with Crippen LogP contribution in [0.25, 0.3) is 0 Å². The van der Waals surface area contributed by atoms with Crippen molar-refractivity contribution in [3.05, 3.63) is 47.3 Å². The highest BCUT2D eigenvalue weighted by atomic mass is 16.1. The first-order valence-electron chi connectivity index (χ1n) is 6.10. The molecule has 0 fully saturated rings. The Hall–Kier alpha value is -2.34. The molecule has 19 heavy (non-hydrogen) atoms. The summed E-state index contributed by atoms with van der Waals surface area (Å²) in [7, 11) is 0. The molecule has 96 valence electrons. The molecule has 0 bridgehead atoms. The summed E-state index contributed by atoms with van der Waals surface area (Å²) < 4.78 is 0. The molecule has 0 unspecified atom stereocenters. The quantitative estimate of drug-likeness (QED) is 0.828. The zero-order chi connectivity index (χ0) is 13.1.